The maximum atomic E-state index is 11.8. The van der Waals surface area contributed by atoms with E-state index in [1.807, 2.05) is 18.2 Å². The van der Waals surface area contributed by atoms with Crippen LogP contribution in [0, 0.1) is 0 Å². The summed E-state index contributed by atoms with van der Waals surface area (Å²) < 4.78 is 1.29. The van der Waals surface area contributed by atoms with E-state index >= 15 is 0 Å². The number of fused-ring (bicyclic) bond motifs is 1. The number of rotatable bonds is 2. The molecule has 0 fully saturated rings. The molecular weight excluding hydrogens is 218 g/mol. The van der Waals surface area contributed by atoms with Crippen LogP contribution in [0.4, 0.5) is 0 Å². The molecule has 0 radical (unpaired) electrons. The Bertz CT molecular complexity index is 640. The highest BCUT2D eigenvalue weighted by Gasteiger charge is 2.07. The van der Waals surface area contributed by atoms with Gasteiger partial charge in [0.15, 0.2) is 5.96 Å². The van der Waals surface area contributed by atoms with Crippen molar-refractivity contribution in [2.75, 3.05) is 0 Å². The van der Waals surface area contributed by atoms with Gasteiger partial charge in [-0.25, -0.2) is 9.67 Å². The van der Waals surface area contributed by atoms with Gasteiger partial charge in [0, 0.05) is 12.4 Å². The number of aryl methyl sites for hydroxylation is 1. The Morgan fingerprint density at radius 3 is 2.65 bits per heavy atom. The van der Waals surface area contributed by atoms with Gasteiger partial charge in [-0.1, -0.05) is 18.2 Å². The van der Waals surface area contributed by atoms with Crippen molar-refractivity contribution in [2.45, 2.75) is 6.54 Å². The standard InChI is InChI=1S/C11H13N5O/c1-16-10(17)8-5-3-2-4-7(8)9(15-16)6-14-11(12)13/h2-5H,6H2,1H3,(H4,12,13,14). The molecule has 0 saturated carbocycles. The fourth-order valence-electron chi connectivity index (χ4n) is 1.66. The number of guanidine groups is 1. The molecule has 1 aromatic carbocycles. The monoisotopic (exact) mass is 231 g/mol. The normalized spacial score (nSPS) is 10.4. The number of aliphatic imine (C=N–C) groups is 1. The minimum atomic E-state index is -0.131. The maximum absolute atomic E-state index is 11.8. The van der Waals surface area contributed by atoms with Crippen LogP contribution in [0.25, 0.3) is 10.8 Å². The largest absolute Gasteiger partial charge is 0.370 e. The van der Waals surface area contributed by atoms with Gasteiger partial charge in [0.05, 0.1) is 17.6 Å². The number of benzene rings is 1. The minimum Gasteiger partial charge on any atom is -0.370 e. The quantitative estimate of drug-likeness (QED) is 0.547. The van der Waals surface area contributed by atoms with Crippen LogP contribution in [0.15, 0.2) is 34.1 Å². The van der Waals surface area contributed by atoms with Crippen LogP contribution in [-0.2, 0) is 13.6 Å². The molecule has 4 N–H and O–H groups in total. The van der Waals surface area contributed by atoms with Crippen molar-refractivity contribution in [1.29, 1.82) is 0 Å². The molecule has 0 aliphatic rings. The van der Waals surface area contributed by atoms with Crippen molar-refractivity contribution in [3.05, 3.63) is 40.3 Å². The van der Waals surface area contributed by atoms with Crippen molar-refractivity contribution in [3.63, 3.8) is 0 Å². The van der Waals surface area contributed by atoms with Crippen LogP contribution in [0.2, 0.25) is 0 Å². The summed E-state index contributed by atoms with van der Waals surface area (Å²) in [7, 11) is 1.60. The molecule has 0 spiro atoms. The third-order valence-corrected chi connectivity index (χ3v) is 2.44. The first-order chi connectivity index (χ1) is 8.09. The van der Waals surface area contributed by atoms with E-state index in [-0.39, 0.29) is 18.1 Å². The molecule has 0 aliphatic heterocycles. The molecule has 0 bridgehead atoms. The molecule has 1 heterocycles. The van der Waals surface area contributed by atoms with E-state index < -0.39 is 0 Å². The number of hydrogen-bond acceptors (Lipinski definition) is 3. The second-order valence-electron chi connectivity index (χ2n) is 3.66. The number of nitrogens with zero attached hydrogens (tertiary/aromatic N) is 3. The van der Waals surface area contributed by atoms with Gasteiger partial charge in [-0.2, -0.15) is 5.10 Å². The van der Waals surface area contributed by atoms with E-state index in [1.165, 1.54) is 4.68 Å². The summed E-state index contributed by atoms with van der Waals surface area (Å²) in [4.78, 5) is 15.7. The zero-order valence-electron chi connectivity index (χ0n) is 9.42. The lowest BCUT2D eigenvalue weighted by Crippen LogP contribution is -2.24. The van der Waals surface area contributed by atoms with Crippen LogP contribution in [0.1, 0.15) is 5.69 Å². The van der Waals surface area contributed by atoms with Gasteiger partial charge >= 0.3 is 0 Å². The topological polar surface area (TPSA) is 99.3 Å². The highest BCUT2D eigenvalue weighted by Crippen LogP contribution is 2.13. The molecule has 0 atom stereocenters. The van der Waals surface area contributed by atoms with Gasteiger partial charge in [0.25, 0.3) is 5.56 Å². The molecule has 0 aliphatic carbocycles. The molecule has 2 aromatic rings. The molecule has 6 heteroatoms. The summed E-state index contributed by atoms with van der Waals surface area (Å²) in [5.74, 6) is 0.00438. The van der Waals surface area contributed by atoms with E-state index in [9.17, 15) is 4.79 Å². The number of aromatic nitrogens is 2. The van der Waals surface area contributed by atoms with E-state index in [4.69, 9.17) is 11.5 Å². The lowest BCUT2D eigenvalue weighted by atomic mass is 10.1. The van der Waals surface area contributed by atoms with Gasteiger partial charge in [-0.3, -0.25) is 4.79 Å². The van der Waals surface area contributed by atoms with Crippen LogP contribution >= 0.6 is 0 Å². The molecule has 0 amide bonds. The first-order valence-electron chi connectivity index (χ1n) is 5.10. The van der Waals surface area contributed by atoms with Crippen molar-refractivity contribution >= 4 is 16.7 Å². The molecule has 0 unspecified atom stereocenters. The third kappa shape index (κ3) is 2.10. The first kappa shape index (κ1) is 11.1. The van der Waals surface area contributed by atoms with Crippen LogP contribution in [-0.4, -0.2) is 15.7 Å². The smallest absolute Gasteiger partial charge is 0.274 e. The molecule has 2 rings (SSSR count). The molecule has 1 aromatic heterocycles. The van der Waals surface area contributed by atoms with Crippen LogP contribution in [0.5, 0.6) is 0 Å². The predicted octanol–water partition coefficient (Wildman–Crippen LogP) is -0.293. The van der Waals surface area contributed by atoms with Crippen molar-refractivity contribution in [2.24, 2.45) is 23.5 Å². The second kappa shape index (κ2) is 4.25. The van der Waals surface area contributed by atoms with Crippen molar-refractivity contribution in [3.8, 4) is 0 Å². The third-order valence-electron chi connectivity index (χ3n) is 2.44. The van der Waals surface area contributed by atoms with Crippen LogP contribution in [0.3, 0.4) is 0 Å². The summed E-state index contributed by atoms with van der Waals surface area (Å²) in [6, 6.07) is 7.26. The van der Waals surface area contributed by atoms with E-state index in [1.54, 1.807) is 13.1 Å². The van der Waals surface area contributed by atoms with Crippen molar-refractivity contribution < 1.29 is 0 Å². The van der Waals surface area contributed by atoms with E-state index in [0.717, 1.165) is 5.39 Å². The zero-order chi connectivity index (χ0) is 12.4. The lowest BCUT2D eigenvalue weighted by Gasteiger charge is -2.05. The second-order valence-corrected chi connectivity index (χ2v) is 3.66. The Hall–Kier alpha value is -2.37. The fraction of sp³-hybridized carbons (Fsp3) is 0.182. The summed E-state index contributed by atoms with van der Waals surface area (Å²) in [5.41, 5.74) is 11.1. The van der Waals surface area contributed by atoms with Crippen molar-refractivity contribution in [1.82, 2.24) is 9.78 Å². The SMILES string of the molecule is Cn1nc(CN=C(N)N)c2ccccc2c1=O. The minimum absolute atomic E-state index is 0.00438. The first-order valence-corrected chi connectivity index (χ1v) is 5.10. The fourth-order valence-corrected chi connectivity index (χ4v) is 1.66. The zero-order valence-corrected chi connectivity index (χ0v) is 9.42. The maximum Gasteiger partial charge on any atom is 0.274 e. The van der Waals surface area contributed by atoms with Gasteiger partial charge in [0.1, 0.15) is 0 Å². The Labute approximate surface area is 97.6 Å². The Morgan fingerprint density at radius 2 is 2.00 bits per heavy atom. The number of nitrogens with two attached hydrogens (primary N) is 2. The summed E-state index contributed by atoms with van der Waals surface area (Å²) >= 11 is 0. The molecule has 88 valence electrons. The number of hydrogen-bond donors (Lipinski definition) is 2. The van der Waals surface area contributed by atoms with Gasteiger partial charge in [0.2, 0.25) is 0 Å². The molecule has 17 heavy (non-hydrogen) atoms. The predicted molar refractivity (Wildman–Crippen MR) is 66.5 cm³/mol. The summed E-state index contributed by atoms with van der Waals surface area (Å²) in [5, 5.41) is 5.55. The van der Waals surface area contributed by atoms with Gasteiger partial charge in [-0.15, -0.1) is 0 Å². The molecule has 6 nitrogen and oxygen atoms in total. The highest BCUT2D eigenvalue weighted by atomic mass is 16.1. The Kier molecular flexibility index (Phi) is 2.78. The lowest BCUT2D eigenvalue weighted by molar-refractivity contribution is 0.691. The van der Waals surface area contributed by atoms with Crippen LogP contribution < -0.4 is 17.0 Å². The van der Waals surface area contributed by atoms with E-state index in [2.05, 4.69) is 10.1 Å². The van der Waals surface area contributed by atoms with Gasteiger partial charge < -0.3 is 11.5 Å². The average Bonchev–Trinajstić information content (AvgIpc) is 2.32. The molecular formula is C11H13N5O. The van der Waals surface area contributed by atoms with E-state index in [0.29, 0.717) is 11.1 Å². The molecule has 0 saturated heterocycles. The Morgan fingerprint density at radius 1 is 1.35 bits per heavy atom. The van der Waals surface area contributed by atoms with Gasteiger partial charge in [-0.05, 0) is 6.07 Å². The summed E-state index contributed by atoms with van der Waals surface area (Å²) in [6.07, 6.45) is 0. The summed E-state index contributed by atoms with van der Waals surface area (Å²) in [6.45, 7) is 0.261. The Balaban J connectivity index is 2.67. The average molecular weight is 231 g/mol. The highest BCUT2D eigenvalue weighted by molar-refractivity contribution is 5.83.